The quantitative estimate of drug-likeness (QED) is 0.899. The number of likely N-dealkylation sites (tertiary alicyclic amines) is 1. The molecule has 4 nitrogen and oxygen atoms in total. The van der Waals surface area contributed by atoms with Crippen LogP contribution in [0.2, 0.25) is 0 Å². The van der Waals surface area contributed by atoms with Crippen molar-refractivity contribution in [3.63, 3.8) is 0 Å². The molecule has 1 aliphatic rings. The van der Waals surface area contributed by atoms with Gasteiger partial charge in [0.15, 0.2) is 0 Å². The van der Waals surface area contributed by atoms with Crippen LogP contribution in [0.25, 0.3) is 0 Å². The van der Waals surface area contributed by atoms with E-state index in [1.165, 1.54) is 0 Å². The van der Waals surface area contributed by atoms with Crippen LogP contribution in [0.3, 0.4) is 0 Å². The molecular weight excluding hydrogens is 309 g/mol. The topological polar surface area (TPSA) is 49.4 Å². The van der Waals surface area contributed by atoms with Crippen molar-refractivity contribution in [2.45, 2.75) is 25.9 Å². The van der Waals surface area contributed by atoms with E-state index in [1.807, 2.05) is 31.2 Å². The van der Waals surface area contributed by atoms with Crippen LogP contribution in [-0.2, 0) is 16.0 Å². The summed E-state index contributed by atoms with van der Waals surface area (Å²) in [5.41, 5.74) is 2.20. The molecule has 1 fully saturated rings. The lowest BCUT2D eigenvalue weighted by atomic mass is 10.1. The number of hydrogen-bond donors (Lipinski definition) is 1. The fourth-order valence-corrected chi connectivity index (χ4v) is 2.66. The fourth-order valence-electron chi connectivity index (χ4n) is 2.66. The number of nitrogens with zero attached hydrogens (tertiary/aromatic N) is 1. The average Bonchev–Trinajstić information content (AvgIpc) is 2.78. The predicted octanol–water partition coefficient (Wildman–Crippen LogP) is 2.06. The fraction of sp³-hybridized carbons (Fsp3) is 0.500. The van der Waals surface area contributed by atoms with E-state index in [4.69, 9.17) is 0 Å². The highest BCUT2D eigenvalue weighted by molar-refractivity contribution is 5.89. The zero-order chi connectivity index (χ0) is 17.0. The number of rotatable bonds is 5. The van der Waals surface area contributed by atoms with Gasteiger partial charge >= 0.3 is 6.18 Å². The van der Waals surface area contributed by atoms with Gasteiger partial charge in [-0.25, -0.2) is 0 Å². The Morgan fingerprint density at radius 2 is 2.13 bits per heavy atom. The zero-order valence-electron chi connectivity index (χ0n) is 12.8. The third kappa shape index (κ3) is 5.26. The van der Waals surface area contributed by atoms with Crippen LogP contribution < -0.4 is 5.32 Å². The summed E-state index contributed by atoms with van der Waals surface area (Å²) in [5.74, 6) is -1.70. The van der Waals surface area contributed by atoms with E-state index in [9.17, 15) is 22.8 Å². The van der Waals surface area contributed by atoms with Crippen LogP contribution in [0.4, 0.5) is 13.2 Å². The average molecular weight is 328 g/mol. The minimum Gasteiger partial charge on any atom is -0.355 e. The number of halogens is 3. The second-order valence-electron chi connectivity index (χ2n) is 5.82. The second kappa shape index (κ2) is 7.02. The Labute approximate surface area is 132 Å². The molecule has 2 amide bonds. The molecule has 1 aromatic rings. The molecule has 0 aromatic heterocycles. The van der Waals surface area contributed by atoms with Gasteiger partial charge in [-0.3, -0.25) is 9.59 Å². The largest absolute Gasteiger partial charge is 0.406 e. The summed E-state index contributed by atoms with van der Waals surface area (Å²) >= 11 is 0. The van der Waals surface area contributed by atoms with Gasteiger partial charge in [-0.2, -0.15) is 13.2 Å². The van der Waals surface area contributed by atoms with E-state index >= 15 is 0 Å². The van der Waals surface area contributed by atoms with Crippen LogP contribution in [0.1, 0.15) is 17.5 Å². The van der Waals surface area contributed by atoms with E-state index in [0.717, 1.165) is 11.1 Å². The van der Waals surface area contributed by atoms with Gasteiger partial charge in [0.05, 0.1) is 5.92 Å². The summed E-state index contributed by atoms with van der Waals surface area (Å²) in [7, 11) is 0. The van der Waals surface area contributed by atoms with Crippen LogP contribution in [0.5, 0.6) is 0 Å². The molecule has 0 saturated carbocycles. The molecule has 1 heterocycles. The zero-order valence-corrected chi connectivity index (χ0v) is 12.8. The lowest BCUT2D eigenvalue weighted by Crippen LogP contribution is -2.37. The van der Waals surface area contributed by atoms with Gasteiger partial charge in [0, 0.05) is 19.5 Å². The first-order valence-corrected chi connectivity index (χ1v) is 7.42. The van der Waals surface area contributed by atoms with E-state index < -0.39 is 24.5 Å². The van der Waals surface area contributed by atoms with Crippen molar-refractivity contribution in [3.05, 3.63) is 35.4 Å². The summed E-state index contributed by atoms with van der Waals surface area (Å²) in [6, 6.07) is 7.86. The molecule has 2 rings (SSSR count). The molecule has 126 valence electrons. The lowest BCUT2D eigenvalue weighted by Gasteiger charge is -2.18. The standard InChI is InChI=1S/C16H19F3N2O2/c1-11-3-2-4-12(7-11)5-6-20-15(23)13-8-14(22)21(9-13)10-16(17,18)19/h2-4,7,13H,5-6,8-10H2,1H3,(H,20,23). The van der Waals surface area contributed by atoms with Crippen molar-refractivity contribution in [2.75, 3.05) is 19.6 Å². The molecule has 1 aromatic carbocycles. The van der Waals surface area contributed by atoms with Crippen molar-refractivity contribution >= 4 is 11.8 Å². The monoisotopic (exact) mass is 328 g/mol. The van der Waals surface area contributed by atoms with Crippen molar-refractivity contribution < 1.29 is 22.8 Å². The Kier molecular flexibility index (Phi) is 5.28. The molecule has 1 N–H and O–H groups in total. The number of nitrogens with one attached hydrogen (secondary N) is 1. The first-order valence-electron chi connectivity index (χ1n) is 7.42. The van der Waals surface area contributed by atoms with E-state index in [2.05, 4.69) is 5.32 Å². The number of benzene rings is 1. The van der Waals surface area contributed by atoms with E-state index in [1.54, 1.807) is 0 Å². The van der Waals surface area contributed by atoms with Gasteiger partial charge in [0.1, 0.15) is 6.54 Å². The molecule has 0 aliphatic carbocycles. The Morgan fingerprint density at radius 1 is 1.39 bits per heavy atom. The van der Waals surface area contributed by atoms with Gasteiger partial charge in [0.2, 0.25) is 11.8 Å². The first kappa shape index (κ1) is 17.3. The summed E-state index contributed by atoms with van der Waals surface area (Å²) in [6.07, 6.45) is -3.96. The van der Waals surface area contributed by atoms with E-state index in [0.29, 0.717) is 17.9 Å². The molecule has 0 spiro atoms. The third-order valence-electron chi connectivity index (χ3n) is 3.75. The number of amides is 2. The highest BCUT2D eigenvalue weighted by Gasteiger charge is 2.40. The number of hydrogen-bond acceptors (Lipinski definition) is 2. The molecule has 0 bridgehead atoms. The SMILES string of the molecule is Cc1cccc(CCNC(=O)C2CC(=O)N(CC(F)(F)F)C2)c1. The third-order valence-corrected chi connectivity index (χ3v) is 3.75. The minimum absolute atomic E-state index is 0.160. The van der Waals surface area contributed by atoms with Crippen LogP contribution in [0, 0.1) is 12.8 Å². The van der Waals surface area contributed by atoms with Gasteiger partial charge in [0.25, 0.3) is 0 Å². The first-order chi connectivity index (χ1) is 10.7. The van der Waals surface area contributed by atoms with Crippen molar-refractivity contribution in [1.29, 1.82) is 0 Å². The van der Waals surface area contributed by atoms with Gasteiger partial charge in [-0.05, 0) is 18.9 Å². The Hall–Kier alpha value is -2.05. The van der Waals surface area contributed by atoms with Crippen molar-refractivity contribution in [3.8, 4) is 0 Å². The van der Waals surface area contributed by atoms with Crippen molar-refractivity contribution in [2.24, 2.45) is 5.92 Å². The van der Waals surface area contributed by atoms with Gasteiger partial charge in [-0.1, -0.05) is 29.8 Å². The normalized spacial score (nSPS) is 18.3. The molecule has 1 aliphatic heterocycles. The Balaban J connectivity index is 1.79. The summed E-state index contributed by atoms with van der Waals surface area (Å²) in [4.78, 5) is 24.2. The minimum atomic E-state index is -4.44. The van der Waals surface area contributed by atoms with Crippen LogP contribution >= 0.6 is 0 Å². The second-order valence-corrected chi connectivity index (χ2v) is 5.82. The van der Waals surface area contributed by atoms with Crippen LogP contribution in [0.15, 0.2) is 24.3 Å². The maximum absolute atomic E-state index is 12.3. The number of carbonyl (C=O) groups is 2. The lowest BCUT2D eigenvalue weighted by molar-refractivity contribution is -0.157. The number of alkyl halides is 3. The summed E-state index contributed by atoms with van der Waals surface area (Å²) in [5, 5.41) is 2.70. The highest BCUT2D eigenvalue weighted by atomic mass is 19.4. The predicted molar refractivity (Wildman–Crippen MR) is 78.6 cm³/mol. The number of aryl methyl sites for hydroxylation is 1. The Morgan fingerprint density at radius 3 is 2.78 bits per heavy atom. The van der Waals surface area contributed by atoms with E-state index in [-0.39, 0.29) is 18.9 Å². The summed E-state index contributed by atoms with van der Waals surface area (Å²) in [6.45, 7) is 0.904. The van der Waals surface area contributed by atoms with Crippen LogP contribution in [-0.4, -0.2) is 42.5 Å². The van der Waals surface area contributed by atoms with Crippen molar-refractivity contribution in [1.82, 2.24) is 10.2 Å². The molecule has 1 saturated heterocycles. The Bertz CT molecular complexity index is 587. The highest BCUT2D eigenvalue weighted by Crippen LogP contribution is 2.23. The molecule has 0 radical (unpaired) electrons. The number of carbonyl (C=O) groups excluding carboxylic acids is 2. The van der Waals surface area contributed by atoms with Gasteiger partial charge in [-0.15, -0.1) is 0 Å². The maximum atomic E-state index is 12.3. The molecule has 1 unspecified atom stereocenters. The molecular formula is C16H19F3N2O2. The molecule has 7 heteroatoms. The molecule has 23 heavy (non-hydrogen) atoms. The smallest absolute Gasteiger partial charge is 0.355 e. The summed E-state index contributed by atoms with van der Waals surface area (Å²) < 4.78 is 37.0. The van der Waals surface area contributed by atoms with Gasteiger partial charge < -0.3 is 10.2 Å². The maximum Gasteiger partial charge on any atom is 0.406 e. The molecule has 1 atom stereocenters.